The second-order valence-electron chi connectivity index (χ2n) is 8.28. The average molecular weight is 524 g/mol. The number of aryl methyl sites for hydroxylation is 2. The predicted octanol–water partition coefficient (Wildman–Crippen LogP) is 7.41. The molecule has 4 rings (SSSR count). The SMILES string of the molecule is Cc1cccc(C)c1NC(=S)NNc1ccc2c(C=N)c(Nc3ccc(OC(F)(F)F)cc3)ccc2c1. The lowest BCUT2D eigenvalue weighted by Gasteiger charge is -2.17. The van der Waals surface area contributed by atoms with Gasteiger partial charge in [0.25, 0.3) is 0 Å². The van der Waals surface area contributed by atoms with Crippen molar-refractivity contribution < 1.29 is 17.9 Å². The van der Waals surface area contributed by atoms with E-state index in [1.807, 2.05) is 62.4 Å². The van der Waals surface area contributed by atoms with Crippen molar-refractivity contribution in [1.29, 1.82) is 5.41 Å². The third-order valence-electron chi connectivity index (χ3n) is 5.61. The Morgan fingerprint density at radius 2 is 1.59 bits per heavy atom. The first kappa shape index (κ1) is 25.8. The molecule has 10 heteroatoms. The molecule has 0 aliphatic rings. The maximum Gasteiger partial charge on any atom is 0.573 e. The number of thiocarbonyl (C=S) groups is 1. The lowest BCUT2D eigenvalue weighted by molar-refractivity contribution is -0.274. The minimum atomic E-state index is -4.74. The van der Waals surface area contributed by atoms with Crippen LogP contribution in [0, 0.1) is 19.3 Å². The van der Waals surface area contributed by atoms with Crippen LogP contribution in [0.25, 0.3) is 10.8 Å². The lowest BCUT2D eigenvalue weighted by atomic mass is 10.0. The van der Waals surface area contributed by atoms with Gasteiger partial charge in [0.15, 0.2) is 5.11 Å². The molecule has 0 spiro atoms. The number of ether oxygens (including phenoxy) is 1. The van der Waals surface area contributed by atoms with Gasteiger partial charge in [0, 0.05) is 28.8 Å². The highest BCUT2D eigenvalue weighted by atomic mass is 32.1. The van der Waals surface area contributed by atoms with Crippen molar-refractivity contribution in [2.75, 3.05) is 16.1 Å². The molecule has 0 saturated carbocycles. The van der Waals surface area contributed by atoms with Crippen molar-refractivity contribution in [3.05, 3.63) is 89.5 Å². The van der Waals surface area contributed by atoms with Crippen LogP contribution in [0.4, 0.5) is 35.9 Å². The second-order valence-corrected chi connectivity index (χ2v) is 8.68. The molecule has 0 bridgehead atoms. The van der Waals surface area contributed by atoms with E-state index in [0.717, 1.165) is 33.3 Å². The first-order valence-electron chi connectivity index (χ1n) is 11.2. The zero-order valence-corrected chi connectivity index (χ0v) is 20.8. The molecule has 6 nitrogen and oxygen atoms in total. The van der Waals surface area contributed by atoms with Gasteiger partial charge in [0.2, 0.25) is 0 Å². The number of para-hydroxylation sites is 1. The number of hydrogen-bond donors (Lipinski definition) is 5. The minimum Gasteiger partial charge on any atom is -0.406 e. The number of hydrogen-bond acceptors (Lipinski definition) is 5. The summed E-state index contributed by atoms with van der Waals surface area (Å²) >= 11 is 5.42. The third kappa shape index (κ3) is 6.47. The Labute approximate surface area is 217 Å². The third-order valence-corrected chi connectivity index (χ3v) is 5.82. The summed E-state index contributed by atoms with van der Waals surface area (Å²) in [7, 11) is 0. The van der Waals surface area contributed by atoms with Gasteiger partial charge < -0.3 is 20.8 Å². The number of fused-ring (bicyclic) bond motifs is 1. The molecule has 0 radical (unpaired) electrons. The summed E-state index contributed by atoms with van der Waals surface area (Å²) in [5.74, 6) is -0.304. The topological polar surface area (TPSA) is 81.2 Å². The summed E-state index contributed by atoms with van der Waals surface area (Å²) in [5, 5.41) is 16.4. The first-order chi connectivity index (χ1) is 17.6. The molecule has 0 saturated heterocycles. The van der Waals surface area contributed by atoms with Crippen LogP contribution in [0.15, 0.2) is 72.8 Å². The largest absolute Gasteiger partial charge is 0.573 e. The number of nitrogens with one attached hydrogen (secondary N) is 5. The van der Waals surface area contributed by atoms with Crippen LogP contribution in [-0.4, -0.2) is 17.7 Å². The normalized spacial score (nSPS) is 11.1. The Morgan fingerprint density at radius 1 is 0.919 bits per heavy atom. The first-order valence-corrected chi connectivity index (χ1v) is 11.6. The fraction of sp³-hybridized carbons (Fsp3) is 0.111. The highest BCUT2D eigenvalue weighted by Crippen LogP contribution is 2.30. The lowest BCUT2D eigenvalue weighted by Crippen LogP contribution is -2.33. The maximum atomic E-state index is 12.4. The molecule has 0 fully saturated rings. The van der Waals surface area contributed by atoms with Crippen LogP contribution in [-0.2, 0) is 0 Å². The monoisotopic (exact) mass is 523 g/mol. The Bertz CT molecular complexity index is 1440. The number of rotatable bonds is 7. The number of alkyl halides is 3. The summed E-state index contributed by atoms with van der Waals surface area (Å²) in [6, 6.07) is 20.8. The molecule has 4 aromatic rings. The van der Waals surface area contributed by atoms with E-state index in [2.05, 4.69) is 26.2 Å². The predicted molar refractivity (Wildman–Crippen MR) is 147 cm³/mol. The minimum absolute atomic E-state index is 0.304. The van der Waals surface area contributed by atoms with Gasteiger partial charge in [-0.3, -0.25) is 10.9 Å². The van der Waals surface area contributed by atoms with E-state index in [9.17, 15) is 13.2 Å². The number of anilines is 4. The summed E-state index contributed by atoms with van der Waals surface area (Å²) in [6.07, 6.45) is -3.51. The molecule has 0 unspecified atom stereocenters. The quantitative estimate of drug-likeness (QED) is 0.0986. The van der Waals surface area contributed by atoms with E-state index in [1.165, 1.54) is 30.5 Å². The average Bonchev–Trinajstić information content (AvgIpc) is 2.85. The van der Waals surface area contributed by atoms with Crippen molar-refractivity contribution in [3.63, 3.8) is 0 Å². The molecule has 190 valence electrons. The molecule has 0 aliphatic heterocycles. The van der Waals surface area contributed by atoms with E-state index >= 15 is 0 Å². The number of halogens is 3. The zero-order valence-electron chi connectivity index (χ0n) is 20.0. The summed E-state index contributed by atoms with van der Waals surface area (Å²) in [6.45, 7) is 4.02. The summed E-state index contributed by atoms with van der Waals surface area (Å²) < 4.78 is 41.1. The Morgan fingerprint density at radius 3 is 2.24 bits per heavy atom. The molecular formula is C27H24F3N5OS. The van der Waals surface area contributed by atoms with Crippen molar-refractivity contribution >= 4 is 57.1 Å². The van der Waals surface area contributed by atoms with Crippen LogP contribution >= 0.6 is 12.2 Å². The Kier molecular flexibility index (Phi) is 7.49. The van der Waals surface area contributed by atoms with Crippen molar-refractivity contribution in [2.24, 2.45) is 0 Å². The molecule has 0 heterocycles. The highest BCUT2D eigenvalue weighted by Gasteiger charge is 2.30. The number of benzene rings is 4. The van der Waals surface area contributed by atoms with Crippen molar-refractivity contribution in [3.8, 4) is 5.75 Å². The molecule has 0 aliphatic carbocycles. The van der Waals surface area contributed by atoms with E-state index in [4.69, 9.17) is 17.6 Å². The van der Waals surface area contributed by atoms with Gasteiger partial charge in [-0.15, -0.1) is 13.2 Å². The van der Waals surface area contributed by atoms with Gasteiger partial charge >= 0.3 is 6.36 Å². The molecule has 37 heavy (non-hydrogen) atoms. The van der Waals surface area contributed by atoms with Crippen molar-refractivity contribution in [1.82, 2.24) is 5.43 Å². The smallest absolute Gasteiger partial charge is 0.406 e. The fourth-order valence-electron chi connectivity index (χ4n) is 3.88. The fourth-order valence-corrected chi connectivity index (χ4v) is 4.03. The van der Waals surface area contributed by atoms with E-state index in [1.54, 1.807) is 0 Å². The molecule has 5 N–H and O–H groups in total. The second kappa shape index (κ2) is 10.8. The van der Waals surface area contributed by atoms with Crippen LogP contribution in [0.3, 0.4) is 0 Å². The molecular weight excluding hydrogens is 499 g/mol. The molecule has 0 atom stereocenters. The highest BCUT2D eigenvalue weighted by molar-refractivity contribution is 7.80. The molecule has 0 aromatic heterocycles. The van der Waals surface area contributed by atoms with Gasteiger partial charge in [-0.1, -0.05) is 30.3 Å². The number of hydrazine groups is 1. The van der Waals surface area contributed by atoms with Gasteiger partial charge in [0.05, 0.1) is 5.69 Å². The van der Waals surface area contributed by atoms with Gasteiger partial charge in [0.1, 0.15) is 5.75 Å². The van der Waals surface area contributed by atoms with Crippen LogP contribution in [0.2, 0.25) is 0 Å². The standard InChI is InChI=1S/C27H24F3N5OS/c1-16-4-3-5-17(2)25(16)33-26(37)35-34-20-9-12-22-18(14-20)6-13-24(23(22)15-31)32-19-7-10-21(11-8-19)36-27(28,29)30/h3-15,31-32,34H,1-2H3,(H2,33,35,37). The van der Waals surface area contributed by atoms with E-state index in [0.29, 0.717) is 22.1 Å². The summed E-state index contributed by atoms with van der Waals surface area (Å²) in [5.41, 5.74) is 11.8. The Balaban J connectivity index is 1.46. The molecule has 0 amide bonds. The van der Waals surface area contributed by atoms with Gasteiger partial charge in [-0.2, -0.15) is 0 Å². The van der Waals surface area contributed by atoms with Gasteiger partial charge in [-0.25, -0.2) is 0 Å². The summed E-state index contributed by atoms with van der Waals surface area (Å²) in [4.78, 5) is 0. The van der Waals surface area contributed by atoms with Crippen LogP contribution < -0.4 is 26.2 Å². The van der Waals surface area contributed by atoms with E-state index in [-0.39, 0.29) is 5.75 Å². The van der Waals surface area contributed by atoms with Crippen LogP contribution in [0.1, 0.15) is 16.7 Å². The zero-order chi connectivity index (χ0) is 26.6. The van der Waals surface area contributed by atoms with Crippen LogP contribution in [0.5, 0.6) is 5.75 Å². The van der Waals surface area contributed by atoms with E-state index < -0.39 is 6.36 Å². The molecule has 4 aromatic carbocycles. The van der Waals surface area contributed by atoms with Gasteiger partial charge in [-0.05, 0) is 90.4 Å². The van der Waals surface area contributed by atoms with Crippen molar-refractivity contribution in [2.45, 2.75) is 20.2 Å². The Hall–Kier alpha value is -4.31. The maximum absolute atomic E-state index is 12.4.